The monoisotopic (exact) mass is 283 g/mol. The van der Waals surface area contributed by atoms with Gasteiger partial charge in [-0.1, -0.05) is 6.92 Å². The summed E-state index contributed by atoms with van der Waals surface area (Å²) in [5.41, 5.74) is 4.48. The first-order chi connectivity index (χ1) is 8.64. The highest BCUT2D eigenvalue weighted by Gasteiger charge is 2.30. The summed E-state index contributed by atoms with van der Waals surface area (Å²) in [5.74, 6) is -0.447. The molecule has 0 bridgehead atoms. The maximum atomic E-state index is 12.2. The first-order valence-corrected chi connectivity index (χ1v) is 6.42. The maximum absolute atomic E-state index is 12.2. The Hall–Kier alpha value is -0.820. The molecule has 3 N–H and O–H groups in total. The van der Waals surface area contributed by atoms with Crippen LogP contribution in [0, 0.1) is 0 Å². The van der Waals surface area contributed by atoms with E-state index in [-0.39, 0.29) is 0 Å². The predicted molar refractivity (Wildman–Crippen MR) is 68.7 cm³/mol. The molecule has 0 fully saturated rings. The highest BCUT2D eigenvalue weighted by Crippen LogP contribution is 2.17. The summed E-state index contributed by atoms with van der Waals surface area (Å²) in [6, 6.07) is 0. The fourth-order valence-electron chi connectivity index (χ4n) is 1.79. The quantitative estimate of drug-likeness (QED) is 0.631. The minimum atomic E-state index is -4.16. The van der Waals surface area contributed by atoms with Gasteiger partial charge >= 0.3 is 6.18 Å². The van der Waals surface area contributed by atoms with Crippen LogP contribution in [-0.2, 0) is 4.79 Å². The number of rotatable bonds is 9. The minimum Gasteiger partial charge on any atom is -0.368 e. The average Bonchev–Trinajstić information content (AvgIpc) is 2.30. The Morgan fingerprint density at radius 3 is 2.26 bits per heavy atom. The van der Waals surface area contributed by atoms with Gasteiger partial charge in [-0.3, -0.25) is 9.69 Å². The molecule has 1 unspecified atom stereocenters. The second-order valence-corrected chi connectivity index (χ2v) is 4.89. The van der Waals surface area contributed by atoms with Crippen molar-refractivity contribution in [3.05, 3.63) is 0 Å². The number of nitrogens with one attached hydrogen (secondary N) is 1. The van der Waals surface area contributed by atoms with Crippen molar-refractivity contribution < 1.29 is 18.0 Å². The van der Waals surface area contributed by atoms with Crippen molar-refractivity contribution in [2.24, 2.45) is 5.73 Å². The first-order valence-electron chi connectivity index (χ1n) is 6.42. The largest absolute Gasteiger partial charge is 0.401 e. The number of hydrogen-bond acceptors (Lipinski definition) is 3. The normalized spacial score (nSPS) is 15.5. The summed E-state index contributed by atoms with van der Waals surface area (Å²) in [6.07, 6.45) is -2.39. The summed E-state index contributed by atoms with van der Waals surface area (Å²) in [7, 11) is 1.65. The lowest BCUT2D eigenvalue weighted by molar-refractivity contribution is -0.145. The molecule has 0 aliphatic rings. The number of carbonyl (C=O) groups excluding carboxylic acids is 1. The molecule has 7 heteroatoms. The van der Waals surface area contributed by atoms with Gasteiger partial charge in [0, 0.05) is 0 Å². The van der Waals surface area contributed by atoms with E-state index >= 15 is 0 Å². The van der Waals surface area contributed by atoms with Crippen LogP contribution < -0.4 is 11.1 Å². The summed E-state index contributed by atoms with van der Waals surface area (Å²) >= 11 is 0. The van der Waals surface area contributed by atoms with Gasteiger partial charge < -0.3 is 11.1 Å². The Labute approximate surface area is 112 Å². The van der Waals surface area contributed by atoms with Crippen molar-refractivity contribution in [3.8, 4) is 0 Å². The molecule has 0 saturated heterocycles. The highest BCUT2D eigenvalue weighted by molar-refractivity contribution is 5.84. The van der Waals surface area contributed by atoms with Crippen molar-refractivity contribution in [1.29, 1.82) is 0 Å². The van der Waals surface area contributed by atoms with Gasteiger partial charge in [0.2, 0.25) is 5.91 Å². The fourth-order valence-corrected chi connectivity index (χ4v) is 1.79. The molecule has 0 aliphatic carbocycles. The Kier molecular flexibility index (Phi) is 7.36. The van der Waals surface area contributed by atoms with Gasteiger partial charge in [-0.15, -0.1) is 0 Å². The van der Waals surface area contributed by atoms with E-state index in [1.54, 1.807) is 20.9 Å². The predicted octanol–water partition coefficient (Wildman–Crippen LogP) is 1.50. The van der Waals surface area contributed by atoms with Crippen molar-refractivity contribution in [1.82, 2.24) is 10.2 Å². The minimum absolute atomic E-state index is 0.360. The lowest BCUT2D eigenvalue weighted by Gasteiger charge is -2.26. The van der Waals surface area contributed by atoms with Gasteiger partial charge in [-0.05, 0) is 46.3 Å². The topological polar surface area (TPSA) is 58.4 Å². The van der Waals surface area contributed by atoms with E-state index in [0.29, 0.717) is 32.4 Å². The SMILES string of the molecule is CCN(CCCCC(C)(NC)C(N)=O)CC(F)(F)F. The van der Waals surface area contributed by atoms with Crippen LogP contribution in [0.1, 0.15) is 33.1 Å². The summed E-state index contributed by atoms with van der Waals surface area (Å²) in [5, 5.41) is 2.85. The molecule has 4 nitrogen and oxygen atoms in total. The average molecular weight is 283 g/mol. The summed E-state index contributed by atoms with van der Waals surface area (Å²) in [6.45, 7) is 3.24. The number of amides is 1. The standard InChI is InChI=1S/C12H24F3N3O/c1-4-18(9-12(13,14)15)8-6-5-7-11(2,17-3)10(16)19/h17H,4-9H2,1-3H3,(H2,16,19). The van der Waals surface area contributed by atoms with Gasteiger partial charge in [-0.2, -0.15) is 13.2 Å². The van der Waals surface area contributed by atoms with E-state index in [9.17, 15) is 18.0 Å². The zero-order chi connectivity index (χ0) is 15.1. The maximum Gasteiger partial charge on any atom is 0.401 e. The zero-order valence-electron chi connectivity index (χ0n) is 11.8. The molecule has 0 heterocycles. The second-order valence-electron chi connectivity index (χ2n) is 4.89. The molecule has 0 spiro atoms. The first kappa shape index (κ1) is 18.2. The van der Waals surface area contributed by atoms with E-state index in [0.717, 1.165) is 0 Å². The van der Waals surface area contributed by atoms with Crippen LogP contribution in [0.25, 0.3) is 0 Å². The molecule has 0 rings (SSSR count). The molecule has 0 aliphatic heterocycles. The molecule has 114 valence electrons. The van der Waals surface area contributed by atoms with Crippen molar-refractivity contribution in [3.63, 3.8) is 0 Å². The van der Waals surface area contributed by atoms with Crippen LogP contribution in [0.2, 0.25) is 0 Å². The van der Waals surface area contributed by atoms with Crippen LogP contribution in [0.3, 0.4) is 0 Å². The van der Waals surface area contributed by atoms with Crippen LogP contribution in [0.5, 0.6) is 0 Å². The molecule has 19 heavy (non-hydrogen) atoms. The molecular formula is C12H24F3N3O. The number of nitrogens with two attached hydrogens (primary N) is 1. The van der Waals surface area contributed by atoms with Crippen LogP contribution in [0.15, 0.2) is 0 Å². The molecular weight excluding hydrogens is 259 g/mol. The Morgan fingerprint density at radius 1 is 1.32 bits per heavy atom. The third kappa shape index (κ3) is 7.37. The molecule has 0 aromatic heterocycles. The van der Waals surface area contributed by atoms with E-state index in [1.807, 2.05) is 0 Å². The summed E-state index contributed by atoms with van der Waals surface area (Å²) in [4.78, 5) is 12.6. The smallest absolute Gasteiger partial charge is 0.368 e. The number of carbonyl (C=O) groups is 1. The van der Waals surface area contributed by atoms with Gasteiger partial charge in [-0.25, -0.2) is 0 Å². The van der Waals surface area contributed by atoms with Crippen molar-refractivity contribution in [2.75, 3.05) is 26.7 Å². The van der Waals surface area contributed by atoms with E-state index in [1.165, 1.54) is 4.90 Å². The van der Waals surface area contributed by atoms with Gasteiger partial charge in [0.1, 0.15) is 0 Å². The zero-order valence-corrected chi connectivity index (χ0v) is 11.8. The van der Waals surface area contributed by atoms with E-state index in [4.69, 9.17) is 5.73 Å². The Balaban J connectivity index is 4.05. The number of primary amides is 1. The lowest BCUT2D eigenvalue weighted by atomic mass is 9.94. The molecule has 1 atom stereocenters. The van der Waals surface area contributed by atoms with Crippen LogP contribution >= 0.6 is 0 Å². The van der Waals surface area contributed by atoms with Crippen molar-refractivity contribution >= 4 is 5.91 Å². The number of hydrogen-bond donors (Lipinski definition) is 2. The van der Waals surface area contributed by atoms with Crippen molar-refractivity contribution in [2.45, 2.75) is 44.8 Å². The number of likely N-dealkylation sites (N-methyl/N-ethyl adjacent to an activating group) is 1. The van der Waals surface area contributed by atoms with Gasteiger partial charge in [0.15, 0.2) is 0 Å². The van der Waals surface area contributed by atoms with Gasteiger partial charge in [0.05, 0.1) is 12.1 Å². The fraction of sp³-hybridized carbons (Fsp3) is 0.917. The van der Waals surface area contributed by atoms with Crippen LogP contribution in [-0.4, -0.2) is 49.2 Å². The summed E-state index contributed by atoms with van der Waals surface area (Å²) < 4.78 is 36.7. The Morgan fingerprint density at radius 2 is 1.89 bits per heavy atom. The van der Waals surface area contributed by atoms with E-state index < -0.39 is 24.2 Å². The molecule has 1 amide bonds. The highest BCUT2D eigenvalue weighted by atomic mass is 19.4. The third-order valence-electron chi connectivity index (χ3n) is 3.35. The van der Waals surface area contributed by atoms with Crippen LogP contribution in [0.4, 0.5) is 13.2 Å². The molecule has 0 radical (unpaired) electrons. The number of alkyl halides is 3. The lowest BCUT2D eigenvalue weighted by Crippen LogP contribution is -2.51. The number of unbranched alkanes of at least 4 members (excludes halogenated alkanes) is 1. The van der Waals surface area contributed by atoms with Gasteiger partial charge in [0.25, 0.3) is 0 Å². The molecule has 0 aromatic carbocycles. The Bertz CT molecular complexity index is 284. The van der Waals surface area contributed by atoms with E-state index in [2.05, 4.69) is 5.32 Å². The number of halogens is 3. The molecule has 0 saturated carbocycles. The second kappa shape index (κ2) is 7.69. The number of nitrogens with zero attached hydrogens (tertiary/aromatic N) is 1. The third-order valence-corrected chi connectivity index (χ3v) is 3.35. The molecule has 0 aromatic rings.